The molecule has 36 heavy (non-hydrogen) atoms. The summed E-state index contributed by atoms with van der Waals surface area (Å²) in [6, 6.07) is 0. The first-order valence-corrected chi connectivity index (χ1v) is 12.2. The van der Waals surface area contributed by atoms with Crippen LogP contribution < -0.4 is 0 Å². The van der Waals surface area contributed by atoms with Crippen LogP contribution in [0.1, 0.15) is 67.7 Å². The largest absolute Gasteiger partial charge is 0.481 e. The van der Waals surface area contributed by atoms with Crippen LogP contribution in [0, 0.1) is 5.41 Å². The average molecular weight is 493 g/mol. The molecule has 1 rings (SSSR count). The molecule has 0 amide bonds. The summed E-state index contributed by atoms with van der Waals surface area (Å²) in [7, 11) is 0. The Balaban J connectivity index is 2.87. The Bertz CT molecular complexity index is 1070. The quantitative estimate of drug-likeness (QED) is 0.244. The minimum atomic E-state index is -1.07. The molecule has 0 radical (unpaired) electrons. The highest BCUT2D eigenvalue weighted by atomic mass is 16.5. The van der Waals surface area contributed by atoms with Crippen molar-refractivity contribution in [2.24, 2.45) is 5.41 Å². The van der Waals surface area contributed by atoms with Gasteiger partial charge in [0, 0.05) is 6.42 Å². The minimum absolute atomic E-state index is 0.233. The van der Waals surface area contributed by atoms with Gasteiger partial charge in [-0.1, -0.05) is 97.4 Å². The first-order valence-electron chi connectivity index (χ1n) is 12.2. The van der Waals surface area contributed by atoms with Crippen LogP contribution in [0.2, 0.25) is 0 Å². The predicted molar refractivity (Wildman–Crippen MR) is 146 cm³/mol. The van der Waals surface area contributed by atoms with Gasteiger partial charge in [0.2, 0.25) is 0 Å². The molecule has 1 unspecified atom stereocenters. The van der Waals surface area contributed by atoms with Crippen molar-refractivity contribution in [3.05, 3.63) is 94.7 Å². The van der Waals surface area contributed by atoms with E-state index in [0.717, 1.165) is 16.7 Å². The van der Waals surface area contributed by atoms with Gasteiger partial charge < -0.3 is 9.84 Å². The molecule has 0 saturated carbocycles. The molecule has 0 aromatic carbocycles. The normalized spacial score (nSPS) is 19.9. The molecule has 5 nitrogen and oxygen atoms in total. The SMILES string of the molecule is CC=CC(C)=CC=CC=C(C)C=CC=C(C)C=CC1=C(C)C(=O)C(OC(=O)CCC(=O)O)CC1(C)C. The topological polar surface area (TPSA) is 80.7 Å². The molecule has 0 aliphatic heterocycles. The van der Waals surface area contributed by atoms with Crippen LogP contribution in [0.4, 0.5) is 0 Å². The highest BCUT2D eigenvalue weighted by molar-refractivity contribution is 6.01. The maximum atomic E-state index is 12.8. The Kier molecular flexibility index (Phi) is 12.6. The lowest BCUT2D eigenvalue weighted by Gasteiger charge is -2.36. The fourth-order valence-electron chi connectivity index (χ4n) is 3.83. The van der Waals surface area contributed by atoms with Gasteiger partial charge in [-0.25, -0.2) is 0 Å². The molecule has 1 aliphatic rings. The lowest BCUT2D eigenvalue weighted by atomic mass is 9.71. The first-order chi connectivity index (χ1) is 16.9. The number of hydrogen-bond donors (Lipinski definition) is 1. The van der Waals surface area contributed by atoms with Crippen molar-refractivity contribution in [3.63, 3.8) is 0 Å². The van der Waals surface area contributed by atoms with Crippen LogP contribution in [0.5, 0.6) is 0 Å². The number of ether oxygens (including phenoxy) is 1. The molecule has 1 N–H and O–H groups in total. The third-order valence-electron chi connectivity index (χ3n) is 5.80. The smallest absolute Gasteiger partial charge is 0.307 e. The molecular weight excluding hydrogens is 452 g/mol. The van der Waals surface area contributed by atoms with E-state index in [2.05, 4.69) is 19.1 Å². The summed E-state index contributed by atoms with van der Waals surface area (Å²) < 4.78 is 5.32. The zero-order valence-corrected chi connectivity index (χ0v) is 22.6. The molecule has 0 saturated heterocycles. The van der Waals surface area contributed by atoms with Gasteiger partial charge in [0.25, 0.3) is 0 Å². The summed E-state index contributed by atoms with van der Waals surface area (Å²) in [5.74, 6) is -1.97. The zero-order valence-electron chi connectivity index (χ0n) is 22.6. The predicted octanol–water partition coefficient (Wildman–Crippen LogP) is 7.16. The van der Waals surface area contributed by atoms with Gasteiger partial charge in [0.15, 0.2) is 11.9 Å². The maximum Gasteiger partial charge on any atom is 0.307 e. The number of aliphatic carboxylic acids is 1. The van der Waals surface area contributed by atoms with E-state index in [1.165, 1.54) is 5.57 Å². The van der Waals surface area contributed by atoms with Crippen molar-refractivity contribution in [2.45, 2.75) is 73.8 Å². The summed E-state index contributed by atoms with van der Waals surface area (Å²) in [5.41, 5.74) is 4.44. The van der Waals surface area contributed by atoms with Crippen molar-refractivity contribution < 1.29 is 24.2 Å². The highest BCUT2D eigenvalue weighted by Crippen LogP contribution is 2.40. The Morgan fingerprint density at radius 1 is 0.944 bits per heavy atom. The van der Waals surface area contributed by atoms with E-state index >= 15 is 0 Å². The summed E-state index contributed by atoms with van der Waals surface area (Å²) >= 11 is 0. The molecule has 0 bridgehead atoms. The van der Waals surface area contributed by atoms with E-state index in [0.29, 0.717) is 12.0 Å². The van der Waals surface area contributed by atoms with E-state index in [1.54, 1.807) is 6.92 Å². The molecule has 0 fully saturated rings. The monoisotopic (exact) mass is 492 g/mol. The van der Waals surface area contributed by atoms with Gasteiger partial charge in [0.1, 0.15) is 0 Å². The number of ketones is 1. The maximum absolute atomic E-state index is 12.8. The van der Waals surface area contributed by atoms with Crippen molar-refractivity contribution in [2.75, 3.05) is 0 Å². The Labute approximate surface area is 216 Å². The van der Waals surface area contributed by atoms with Crippen molar-refractivity contribution in [1.29, 1.82) is 0 Å². The second-order valence-corrected chi connectivity index (χ2v) is 9.67. The average Bonchev–Trinajstić information content (AvgIpc) is 2.78. The molecular formula is C31H40O5. The first kappa shape index (κ1) is 30.6. The molecule has 194 valence electrons. The number of carboxylic acid groups (broad SMARTS) is 1. The number of carbonyl (C=O) groups excluding carboxylic acids is 2. The standard InChI is InChI=1S/C31H40O5/c1-8-12-22(2)13-9-10-14-23(3)15-11-16-24(4)17-18-26-25(5)30(35)27(21-31(26,6)7)36-29(34)20-19-28(32)33/h8-18,27H,19-21H2,1-7H3,(H,32,33). The zero-order chi connectivity index (χ0) is 27.3. The molecule has 0 aromatic heterocycles. The van der Waals surface area contributed by atoms with Crippen LogP contribution in [-0.2, 0) is 19.1 Å². The molecule has 0 heterocycles. The number of carbonyl (C=O) groups is 3. The van der Waals surface area contributed by atoms with Crippen LogP contribution in [0.3, 0.4) is 0 Å². The van der Waals surface area contributed by atoms with Crippen LogP contribution in [0.25, 0.3) is 0 Å². The van der Waals surface area contributed by atoms with E-state index in [1.807, 2.05) is 89.3 Å². The number of carboxylic acids is 1. The second kappa shape index (κ2) is 14.8. The number of esters is 1. The van der Waals surface area contributed by atoms with E-state index in [-0.39, 0.29) is 24.0 Å². The van der Waals surface area contributed by atoms with E-state index in [4.69, 9.17) is 9.84 Å². The summed E-state index contributed by atoms with van der Waals surface area (Å²) in [6.45, 7) is 13.9. The second-order valence-electron chi connectivity index (χ2n) is 9.67. The van der Waals surface area contributed by atoms with Crippen LogP contribution in [0.15, 0.2) is 94.7 Å². The fraction of sp³-hybridized carbons (Fsp3) is 0.387. The van der Waals surface area contributed by atoms with Crippen molar-refractivity contribution in [1.82, 2.24) is 0 Å². The van der Waals surface area contributed by atoms with Gasteiger partial charge >= 0.3 is 11.9 Å². The van der Waals surface area contributed by atoms with E-state index < -0.39 is 18.0 Å². The molecule has 1 atom stereocenters. The number of rotatable bonds is 11. The third kappa shape index (κ3) is 10.9. The third-order valence-corrected chi connectivity index (χ3v) is 5.80. The molecule has 5 heteroatoms. The van der Waals surface area contributed by atoms with Gasteiger partial charge in [-0.2, -0.15) is 0 Å². The summed E-state index contributed by atoms with van der Waals surface area (Å²) in [5, 5.41) is 8.73. The summed E-state index contributed by atoms with van der Waals surface area (Å²) in [4.78, 5) is 35.5. The van der Waals surface area contributed by atoms with Crippen LogP contribution in [-0.4, -0.2) is 28.9 Å². The van der Waals surface area contributed by atoms with Gasteiger partial charge in [-0.3, -0.25) is 14.4 Å². The Morgan fingerprint density at radius 2 is 1.50 bits per heavy atom. The Hall–Kier alpha value is -3.47. The molecule has 1 aliphatic carbocycles. The molecule has 0 spiro atoms. The van der Waals surface area contributed by atoms with Crippen molar-refractivity contribution >= 4 is 17.7 Å². The van der Waals surface area contributed by atoms with Gasteiger partial charge in [0.05, 0.1) is 12.8 Å². The van der Waals surface area contributed by atoms with Crippen LogP contribution >= 0.6 is 0 Å². The minimum Gasteiger partial charge on any atom is -0.481 e. The number of allylic oxidation sites excluding steroid dienone is 15. The van der Waals surface area contributed by atoms with Crippen molar-refractivity contribution in [3.8, 4) is 0 Å². The number of Topliss-reactive ketones (excluding diaryl/α,β-unsaturated/α-hetero) is 1. The number of hydrogen-bond acceptors (Lipinski definition) is 4. The summed E-state index contributed by atoms with van der Waals surface area (Å²) in [6.07, 6.45) is 21.1. The van der Waals surface area contributed by atoms with Gasteiger partial charge in [-0.05, 0) is 51.2 Å². The fourth-order valence-corrected chi connectivity index (χ4v) is 3.83. The van der Waals surface area contributed by atoms with Gasteiger partial charge in [-0.15, -0.1) is 0 Å². The lowest BCUT2D eigenvalue weighted by Crippen LogP contribution is -2.39. The van der Waals surface area contributed by atoms with E-state index in [9.17, 15) is 14.4 Å². The highest BCUT2D eigenvalue weighted by Gasteiger charge is 2.39. The molecule has 0 aromatic rings. The lowest BCUT2D eigenvalue weighted by molar-refractivity contribution is -0.157. The Morgan fingerprint density at radius 3 is 2.08 bits per heavy atom.